The van der Waals surface area contributed by atoms with Crippen LogP contribution in [-0.4, -0.2) is 36.6 Å². The van der Waals surface area contributed by atoms with Crippen molar-refractivity contribution in [2.45, 2.75) is 24.3 Å². The number of benzene rings is 1. The van der Waals surface area contributed by atoms with Gasteiger partial charge in [-0.1, -0.05) is 42.1 Å². The van der Waals surface area contributed by atoms with E-state index in [1.165, 1.54) is 0 Å². The van der Waals surface area contributed by atoms with Crippen LogP contribution in [0.3, 0.4) is 0 Å². The molecule has 1 heterocycles. The summed E-state index contributed by atoms with van der Waals surface area (Å²) >= 11 is 1.56. The number of aryl methyl sites for hydroxylation is 1. The van der Waals surface area contributed by atoms with Gasteiger partial charge in [0.25, 0.3) is 0 Å². The SMILES string of the molecule is C=N/C(=C(/Sc1ccc(C)cn1)N(C)C)c1ccc([C@H]2CC2C(N)=O)cc1. The lowest BCUT2D eigenvalue weighted by Crippen LogP contribution is -2.13. The number of aliphatic imine (C=N–C) groups is 1. The number of pyridine rings is 1. The summed E-state index contributed by atoms with van der Waals surface area (Å²) in [5.74, 6) is 0.0123. The molecule has 1 amide bonds. The summed E-state index contributed by atoms with van der Waals surface area (Å²) in [6.45, 7) is 5.79. The minimum Gasteiger partial charge on any atom is -0.370 e. The minimum atomic E-state index is -0.214. The Morgan fingerprint density at radius 2 is 1.96 bits per heavy atom. The van der Waals surface area contributed by atoms with Gasteiger partial charge in [-0.2, -0.15) is 0 Å². The second kappa shape index (κ2) is 7.96. The molecule has 1 aliphatic carbocycles. The molecular formula is C21H24N4OS. The van der Waals surface area contributed by atoms with Crippen molar-refractivity contribution in [2.24, 2.45) is 16.6 Å². The second-order valence-electron chi connectivity index (χ2n) is 6.96. The fraction of sp³-hybridized carbons (Fsp3) is 0.286. The molecule has 1 aliphatic rings. The number of carbonyl (C=O) groups excluding carboxylic acids is 1. The van der Waals surface area contributed by atoms with E-state index in [0.717, 1.165) is 38.9 Å². The molecule has 1 fully saturated rings. The highest BCUT2D eigenvalue weighted by molar-refractivity contribution is 8.03. The van der Waals surface area contributed by atoms with Crippen LogP contribution in [0.2, 0.25) is 0 Å². The molecule has 2 atom stereocenters. The minimum absolute atomic E-state index is 0.0242. The molecule has 1 aromatic carbocycles. The van der Waals surface area contributed by atoms with Gasteiger partial charge in [0.2, 0.25) is 5.91 Å². The summed E-state index contributed by atoms with van der Waals surface area (Å²) in [5, 5.41) is 1.87. The maximum absolute atomic E-state index is 11.3. The number of nitrogens with two attached hydrogens (primary N) is 1. The van der Waals surface area contributed by atoms with E-state index >= 15 is 0 Å². The summed E-state index contributed by atoms with van der Waals surface area (Å²) < 4.78 is 0. The smallest absolute Gasteiger partial charge is 0.221 e. The van der Waals surface area contributed by atoms with E-state index in [4.69, 9.17) is 5.73 Å². The zero-order chi connectivity index (χ0) is 19.6. The van der Waals surface area contributed by atoms with Gasteiger partial charge in [0.1, 0.15) is 10.1 Å². The van der Waals surface area contributed by atoms with E-state index in [2.05, 4.69) is 28.8 Å². The molecule has 6 heteroatoms. The monoisotopic (exact) mass is 380 g/mol. The Labute approximate surface area is 164 Å². The molecule has 0 aliphatic heterocycles. The molecule has 140 valence electrons. The van der Waals surface area contributed by atoms with Crippen molar-refractivity contribution in [3.05, 3.63) is 64.3 Å². The van der Waals surface area contributed by atoms with E-state index in [1.807, 2.05) is 56.4 Å². The van der Waals surface area contributed by atoms with Crippen molar-refractivity contribution in [1.82, 2.24) is 9.88 Å². The topological polar surface area (TPSA) is 71.6 Å². The number of aromatic nitrogens is 1. The van der Waals surface area contributed by atoms with Crippen LogP contribution in [0.1, 0.15) is 29.0 Å². The maximum atomic E-state index is 11.3. The fourth-order valence-corrected chi connectivity index (χ4v) is 3.91. The van der Waals surface area contributed by atoms with Gasteiger partial charge >= 0.3 is 0 Å². The summed E-state index contributed by atoms with van der Waals surface area (Å²) in [6.07, 6.45) is 2.70. The Morgan fingerprint density at radius 1 is 1.26 bits per heavy atom. The molecule has 1 saturated carbocycles. The van der Waals surface area contributed by atoms with Crippen LogP contribution in [0.4, 0.5) is 0 Å². The standard InChI is InChI=1S/C21H24N4OS/c1-13-5-10-18(24-12-13)27-21(25(3)4)19(23-2)15-8-6-14(7-9-15)16-11-17(16)20(22)26/h5-10,12,16-17H,2,11H2,1,3-4H3,(H2,22,26)/b21-19+/t16-,17?/m1/s1. The van der Waals surface area contributed by atoms with E-state index < -0.39 is 0 Å². The van der Waals surface area contributed by atoms with Gasteiger partial charge in [-0.15, -0.1) is 0 Å². The van der Waals surface area contributed by atoms with Crippen molar-refractivity contribution in [1.29, 1.82) is 0 Å². The van der Waals surface area contributed by atoms with Gasteiger partial charge < -0.3 is 10.6 Å². The third-order valence-electron chi connectivity index (χ3n) is 4.62. The largest absolute Gasteiger partial charge is 0.370 e. The second-order valence-corrected chi connectivity index (χ2v) is 7.96. The van der Waals surface area contributed by atoms with E-state index in [0.29, 0.717) is 0 Å². The third kappa shape index (κ3) is 4.39. The van der Waals surface area contributed by atoms with Crippen molar-refractivity contribution >= 4 is 30.1 Å². The summed E-state index contributed by atoms with van der Waals surface area (Å²) in [7, 11) is 3.97. The van der Waals surface area contributed by atoms with Crippen LogP contribution < -0.4 is 5.73 Å². The van der Waals surface area contributed by atoms with E-state index in [1.54, 1.807) is 11.8 Å². The lowest BCUT2D eigenvalue weighted by atomic mass is 10.0. The van der Waals surface area contributed by atoms with Crippen LogP contribution in [-0.2, 0) is 4.79 Å². The van der Waals surface area contributed by atoms with Crippen LogP contribution in [0, 0.1) is 12.8 Å². The number of hydrogen-bond acceptors (Lipinski definition) is 5. The van der Waals surface area contributed by atoms with Crippen LogP contribution in [0.25, 0.3) is 5.70 Å². The molecule has 1 aromatic heterocycles. The van der Waals surface area contributed by atoms with Gasteiger partial charge in [0.05, 0.1) is 5.70 Å². The highest BCUT2D eigenvalue weighted by Gasteiger charge is 2.42. The molecule has 3 rings (SSSR count). The Morgan fingerprint density at radius 3 is 2.44 bits per heavy atom. The third-order valence-corrected chi connectivity index (χ3v) is 5.82. The van der Waals surface area contributed by atoms with Crippen molar-refractivity contribution in [3.63, 3.8) is 0 Å². The zero-order valence-corrected chi connectivity index (χ0v) is 16.7. The predicted molar refractivity (Wildman–Crippen MR) is 111 cm³/mol. The number of nitrogens with zero attached hydrogens (tertiary/aromatic N) is 3. The summed E-state index contributed by atoms with van der Waals surface area (Å²) in [6, 6.07) is 12.2. The number of primary amides is 1. The molecule has 0 bridgehead atoms. The number of rotatable bonds is 7. The van der Waals surface area contributed by atoms with Gasteiger partial charge in [-0.05, 0) is 43.2 Å². The average Bonchev–Trinajstić information content (AvgIpc) is 3.44. The molecule has 2 N–H and O–H groups in total. The number of hydrogen-bond donors (Lipinski definition) is 1. The Kier molecular flexibility index (Phi) is 5.65. The van der Waals surface area contributed by atoms with Gasteiger partial charge in [0.15, 0.2) is 0 Å². The Hall–Kier alpha value is -2.60. The van der Waals surface area contributed by atoms with Crippen molar-refractivity contribution in [2.75, 3.05) is 14.1 Å². The van der Waals surface area contributed by atoms with E-state index in [-0.39, 0.29) is 17.7 Å². The fourth-order valence-electron chi connectivity index (χ4n) is 3.01. The first kappa shape index (κ1) is 19.2. The number of amides is 1. The molecular weight excluding hydrogens is 356 g/mol. The normalized spacial score (nSPS) is 19.2. The van der Waals surface area contributed by atoms with Gasteiger partial charge in [-0.3, -0.25) is 9.79 Å². The highest BCUT2D eigenvalue weighted by atomic mass is 32.2. The first-order chi connectivity index (χ1) is 12.9. The Balaban J connectivity index is 1.88. The van der Waals surface area contributed by atoms with E-state index in [9.17, 15) is 4.79 Å². The summed E-state index contributed by atoms with van der Waals surface area (Å²) in [5.41, 5.74) is 9.45. The first-order valence-corrected chi connectivity index (χ1v) is 9.61. The lowest BCUT2D eigenvalue weighted by molar-refractivity contribution is -0.119. The summed E-state index contributed by atoms with van der Waals surface area (Å²) in [4.78, 5) is 22.1. The molecule has 0 saturated heterocycles. The zero-order valence-electron chi connectivity index (χ0n) is 15.8. The Bertz CT molecular complexity index is 872. The first-order valence-electron chi connectivity index (χ1n) is 8.79. The molecule has 0 radical (unpaired) electrons. The van der Waals surface area contributed by atoms with Crippen molar-refractivity contribution in [3.8, 4) is 0 Å². The molecule has 27 heavy (non-hydrogen) atoms. The van der Waals surface area contributed by atoms with Gasteiger partial charge in [-0.25, -0.2) is 4.98 Å². The molecule has 2 aromatic rings. The maximum Gasteiger partial charge on any atom is 0.221 e. The van der Waals surface area contributed by atoms with Crippen LogP contribution >= 0.6 is 11.8 Å². The number of thioether (sulfide) groups is 1. The van der Waals surface area contributed by atoms with Crippen molar-refractivity contribution < 1.29 is 4.79 Å². The van der Waals surface area contributed by atoms with Crippen LogP contribution in [0.15, 0.2) is 57.6 Å². The van der Waals surface area contributed by atoms with Crippen LogP contribution in [0.5, 0.6) is 0 Å². The predicted octanol–water partition coefficient (Wildman–Crippen LogP) is 3.66. The lowest BCUT2D eigenvalue weighted by Gasteiger charge is -2.19. The van der Waals surface area contributed by atoms with Gasteiger partial charge in [0, 0.05) is 31.8 Å². The quantitative estimate of drug-likeness (QED) is 0.588. The average molecular weight is 381 g/mol. The number of carbonyl (C=O) groups is 1. The molecule has 5 nitrogen and oxygen atoms in total. The molecule has 0 spiro atoms. The molecule has 1 unspecified atom stereocenters. The highest BCUT2D eigenvalue weighted by Crippen LogP contribution is 2.47.